The van der Waals surface area contributed by atoms with Crippen molar-refractivity contribution in [1.29, 1.82) is 0 Å². The first-order valence-corrected chi connectivity index (χ1v) is 20.7. The average molecular weight is 834 g/mol. The second kappa shape index (κ2) is 15.4. The summed E-state index contributed by atoms with van der Waals surface area (Å²) < 4.78 is 37.6. The molecule has 2 bridgehead atoms. The lowest BCUT2D eigenvalue weighted by molar-refractivity contribution is -0.340. The highest BCUT2D eigenvalue weighted by Gasteiger charge is 2.77. The Balaban J connectivity index is 1.29. The molecule has 13 heteroatoms. The van der Waals surface area contributed by atoms with Crippen LogP contribution in [0, 0.1) is 22.7 Å². The van der Waals surface area contributed by atoms with Gasteiger partial charge in [0, 0.05) is 36.7 Å². The maximum absolute atomic E-state index is 15.7. The molecule has 3 fully saturated rings. The lowest BCUT2D eigenvalue weighted by Crippen LogP contribution is -2.80. The number of fused-ring (bicyclic) bond motifs is 5. The van der Waals surface area contributed by atoms with E-state index in [4.69, 9.17) is 33.4 Å². The third-order valence-corrected chi connectivity index (χ3v) is 14.1. The van der Waals surface area contributed by atoms with E-state index in [2.05, 4.69) is 0 Å². The van der Waals surface area contributed by atoms with Crippen molar-refractivity contribution in [2.24, 2.45) is 27.7 Å². The van der Waals surface area contributed by atoms with Crippen molar-refractivity contribution in [3.63, 3.8) is 0 Å². The van der Waals surface area contributed by atoms with Crippen LogP contribution in [0.25, 0.3) is 0 Å². The Bertz CT molecular complexity index is 2310. The van der Waals surface area contributed by atoms with E-state index in [0.29, 0.717) is 16.7 Å². The monoisotopic (exact) mass is 833 g/mol. The molecule has 0 spiro atoms. The first-order chi connectivity index (χ1) is 28.9. The third-order valence-electron chi connectivity index (χ3n) is 14.1. The van der Waals surface area contributed by atoms with E-state index >= 15 is 4.79 Å². The number of carbonyl (C=O) groups excluding carboxylic acids is 5. The summed E-state index contributed by atoms with van der Waals surface area (Å²) in [6, 6.07) is 25.8. The van der Waals surface area contributed by atoms with Gasteiger partial charge < -0.3 is 33.5 Å². The van der Waals surface area contributed by atoms with Gasteiger partial charge in [-0.25, -0.2) is 14.6 Å². The van der Waals surface area contributed by atoms with Gasteiger partial charge in [-0.1, -0.05) is 94.4 Å². The third kappa shape index (κ3) is 6.67. The van der Waals surface area contributed by atoms with E-state index in [0.717, 1.165) is 0 Å². The van der Waals surface area contributed by atoms with Crippen molar-refractivity contribution in [3.05, 3.63) is 119 Å². The number of rotatable bonds is 8. The van der Waals surface area contributed by atoms with Crippen LogP contribution in [0.4, 0.5) is 0 Å². The van der Waals surface area contributed by atoms with Gasteiger partial charge in [0.15, 0.2) is 17.5 Å². The molecule has 2 saturated carbocycles. The molecule has 0 radical (unpaired) electrons. The predicted octanol–water partition coefficient (Wildman–Crippen LogP) is 6.07. The van der Waals surface area contributed by atoms with Gasteiger partial charge in [0.25, 0.3) is 0 Å². The number of hydrogen-bond donors (Lipinski definition) is 1. The minimum atomic E-state index is -2.19. The van der Waals surface area contributed by atoms with Crippen molar-refractivity contribution < 1.29 is 57.5 Å². The topological polar surface area (TPSA) is 173 Å². The number of carbonyl (C=O) groups is 5. The zero-order valence-electron chi connectivity index (χ0n) is 35.3. The van der Waals surface area contributed by atoms with Gasteiger partial charge in [-0.3, -0.25) is 14.4 Å². The number of hydrogen-bond acceptors (Lipinski definition) is 13. The van der Waals surface area contributed by atoms with Crippen molar-refractivity contribution in [2.75, 3.05) is 6.61 Å². The predicted molar refractivity (Wildman–Crippen MR) is 219 cm³/mol. The maximum atomic E-state index is 15.7. The molecule has 13 nitrogen and oxygen atoms in total. The van der Waals surface area contributed by atoms with Crippen molar-refractivity contribution in [2.45, 2.75) is 109 Å². The first kappa shape index (κ1) is 42.0. The molecule has 0 aromatic heterocycles. The molecule has 2 aliphatic heterocycles. The number of aliphatic imine (C=N–C) groups is 1. The molecule has 11 atom stereocenters. The minimum Gasteiger partial charge on any atom is -0.459 e. The Labute approximate surface area is 354 Å². The summed E-state index contributed by atoms with van der Waals surface area (Å²) in [6.07, 6.45) is -6.50. The van der Waals surface area contributed by atoms with E-state index in [1.165, 1.54) is 13.8 Å². The molecule has 8 rings (SSSR count). The highest BCUT2D eigenvalue weighted by molar-refractivity contribution is 5.98. The van der Waals surface area contributed by atoms with Crippen molar-refractivity contribution in [1.82, 2.24) is 0 Å². The fraction of sp³-hybridized carbons (Fsp3) is 0.458. The number of Topliss-reactive ketones (excluding diaryl/α,β-unsaturated/α-hetero) is 1. The lowest BCUT2D eigenvalue weighted by atomic mass is 9.43. The summed E-state index contributed by atoms with van der Waals surface area (Å²) in [4.78, 5) is 75.7. The Hall–Kier alpha value is -5.66. The Morgan fingerprint density at radius 1 is 0.836 bits per heavy atom. The fourth-order valence-electron chi connectivity index (χ4n) is 10.7. The van der Waals surface area contributed by atoms with E-state index in [-0.39, 0.29) is 36.5 Å². The largest absolute Gasteiger partial charge is 0.459 e. The van der Waals surface area contributed by atoms with Gasteiger partial charge in [-0.2, -0.15) is 0 Å². The summed E-state index contributed by atoms with van der Waals surface area (Å²) in [6.45, 7) is 10.9. The number of nitrogens with zero attached hydrogens (tertiary/aromatic N) is 1. The molecule has 0 amide bonds. The molecule has 320 valence electrons. The zero-order chi connectivity index (χ0) is 43.6. The van der Waals surface area contributed by atoms with E-state index in [1.54, 1.807) is 58.0 Å². The van der Waals surface area contributed by atoms with Gasteiger partial charge in [0.05, 0.1) is 18.1 Å². The molecule has 2 heterocycles. The van der Waals surface area contributed by atoms with Crippen LogP contribution in [0.3, 0.4) is 0 Å². The SMILES string of the molecule is CC(=O)O[C@H]1C(=O)[C@@]2(C)[C@H]([C@H](OC(=O)c3ccccc3)[C@]3(O)CC(OC(=O)[C@@H]4OC(c5ccccc5)=N[C@@H]4c4ccccc4)C(C)=C1C3(C)C)[C@]1(OC(C)=O)CO[C@@H]1C[C@@H]2C. The molecule has 1 saturated heterocycles. The molecule has 3 aliphatic carbocycles. The van der Waals surface area contributed by atoms with Crippen molar-refractivity contribution in [3.8, 4) is 0 Å². The second-order valence-electron chi connectivity index (χ2n) is 17.8. The van der Waals surface area contributed by atoms with Crippen LogP contribution in [-0.2, 0) is 47.6 Å². The van der Waals surface area contributed by atoms with E-state index < -0.39 is 100 Å². The number of benzene rings is 3. The van der Waals surface area contributed by atoms with E-state index in [9.17, 15) is 24.3 Å². The number of ether oxygens (including phenoxy) is 6. The number of aliphatic hydroxyl groups is 1. The van der Waals surface area contributed by atoms with Crippen LogP contribution in [0.15, 0.2) is 107 Å². The molecule has 1 unspecified atom stereocenters. The highest BCUT2D eigenvalue weighted by atomic mass is 16.6. The summed E-state index contributed by atoms with van der Waals surface area (Å²) in [5, 5.41) is 13.8. The van der Waals surface area contributed by atoms with Gasteiger partial charge >= 0.3 is 23.9 Å². The molecular weight excluding hydrogens is 783 g/mol. The Morgan fingerprint density at radius 3 is 2.05 bits per heavy atom. The summed E-state index contributed by atoms with van der Waals surface area (Å²) in [5.41, 5.74) is -4.70. The lowest BCUT2D eigenvalue weighted by Gasteiger charge is -2.68. The molecule has 1 N–H and O–H groups in total. The average Bonchev–Trinajstić information content (AvgIpc) is 3.69. The van der Waals surface area contributed by atoms with Crippen LogP contribution in [0.2, 0.25) is 0 Å². The van der Waals surface area contributed by atoms with Gasteiger partial charge in [-0.15, -0.1) is 0 Å². The number of esters is 4. The fourth-order valence-corrected chi connectivity index (χ4v) is 10.7. The molecule has 3 aromatic rings. The zero-order valence-corrected chi connectivity index (χ0v) is 35.3. The summed E-state index contributed by atoms with van der Waals surface area (Å²) in [5.74, 6) is -5.10. The molecular formula is C48H51NO12. The van der Waals surface area contributed by atoms with E-state index in [1.807, 2.05) is 67.6 Å². The normalized spacial score (nSPS) is 34.8. The highest BCUT2D eigenvalue weighted by Crippen LogP contribution is 2.65. The van der Waals surface area contributed by atoms with Gasteiger partial charge in [0.1, 0.15) is 30.0 Å². The molecule has 61 heavy (non-hydrogen) atoms. The van der Waals surface area contributed by atoms with Crippen LogP contribution in [0.5, 0.6) is 0 Å². The van der Waals surface area contributed by atoms with Gasteiger partial charge in [-0.05, 0) is 60.2 Å². The standard InChI is InChI=1S/C48H51NO12/c1-26-23-34-47(25-56-34,61-29(4)51)39-41(60-43(53)32-21-15-10-16-22-32)48(55)24-33(27(2)35(45(48,5)6)37(57-28(3)50)40(52)46(26,39)7)58-44(54)38-36(30-17-11-8-12-18-30)49-42(59-38)31-19-13-9-14-20-31/h8-22,26,33-34,36-39,41,55H,23-25H2,1-7H3/t26-,33?,34+,36+,37+,38+,39-,41-,46+,47-,48+/m0/s1. The van der Waals surface area contributed by atoms with Crippen LogP contribution in [0.1, 0.15) is 88.8 Å². The quantitative estimate of drug-likeness (QED) is 0.158. The number of ketones is 1. The van der Waals surface area contributed by atoms with Crippen molar-refractivity contribution >= 4 is 35.6 Å². The maximum Gasteiger partial charge on any atom is 0.350 e. The molecule has 3 aromatic carbocycles. The van der Waals surface area contributed by atoms with Crippen LogP contribution >= 0.6 is 0 Å². The minimum absolute atomic E-state index is 0.157. The first-order valence-electron chi connectivity index (χ1n) is 20.7. The van der Waals surface area contributed by atoms with Crippen LogP contribution in [-0.4, -0.2) is 89.0 Å². The molecule has 5 aliphatic rings. The Kier molecular flexibility index (Phi) is 10.6. The smallest absolute Gasteiger partial charge is 0.350 e. The Morgan fingerprint density at radius 2 is 1.46 bits per heavy atom. The van der Waals surface area contributed by atoms with Crippen LogP contribution < -0.4 is 0 Å². The van der Waals surface area contributed by atoms with Gasteiger partial charge in [0.2, 0.25) is 12.0 Å². The second-order valence-corrected chi connectivity index (χ2v) is 17.8. The summed E-state index contributed by atoms with van der Waals surface area (Å²) in [7, 11) is 0. The summed E-state index contributed by atoms with van der Waals surface area (Å²) >= 11 is 0.